The zero-order valence-corrected chi connectivity index (χ0v) is 11.2. The van der Waals surface area contributed by atoms with E-state index >= 15 is 0 Å². The predicted molar refractivity (Wildman–Crippen MR) is 70.7 cm³/mol. The Balaban J connectivity index is 2.85. The number of nitrogens with zero attached hydrogens (tertiary/aromatic N) is 3. The number of ether oxygens (including phenoxy) is 1. The molecule has 0 fully saturated rings. The van der Waals surface area contributed by atoms with Crippen molar-refractivity contribution in [2.24, 2.45) is 0 Å². The van der Waals surface area contributed by atoms with Crippen molar-refractivity contribution < 1.29 is 4.74 Å². The van der Waals surface area contributed by atoms with Crippen LogP contribution in [0.2, 0.25) is 0 Å². The standard InChI is InChI=1S/C12H22N4O/c1-5-10-14-11(13-6-2)9-12(15-10)16(3)7-8-17-4/h9H,5-8H2,1-4H3,(H,13,14,15). The Morgan fingerprint density at radius 2 is 2.12 bits per heavy atom. The minimum absolute atomic E-state index is 0.693. The Bertz CT molecular complexity index is 343. The highest BCUT2D eigenvalue weighted by atomic mass is 16.5. The number of nitrogens with one attached hydrogen (secondary N) is 1. The number of likely N-dealkylation sites (N-methyl/N-ethyl adjacent to an activating group) is 1. The van der Waals surface area contributed by atoms with Crippen molar-refractivity contribution in [1.29, 1.82) is 0 Å². The van der Waals surface area contributed by atoms with E-state index < -0.39 is 0 Å². The first-order chi connectivity index (χ1) is 8.21. The second-order valence-corrected chi connectivity index (χ2v) is 3.83. The lowest BCUT2D eigenvalue weighted by atomic mass is 10.4. The predicted octanol–water partition coefficient (Wildman–Crippen LogP) is 1.55. The summed E-state index contributed by atoms with van der Waals surface area (Å²) in [6.07, 6.45) is 0.838. The van der Waals surface area contributed by atoms with E-state index in [1.54, 1.807) is 7.11 Å². The Kier molecular flexibility index (Phi) is 5.69. The van der Waals surface area contributed by atoms with Gasteiger partial charge in [0.05, 0.1) is 6.61 Å². The van der Waals surface area contributed by atoms with Crippen molar-refractivity contribution in [2.45, 2.75) is 20.3 Å². The number of hydrogen-bond acceptors (Lipinski definition) is 5. The molecule has 0 saturated heterocycles. The third-order valence-electron chi connectivity index (χ3n) is 2.45. The molecule has 1 rings (SSSR count). The van der Waals surface area contributed by atoms with Crippen LogP contribution >= 0.6 is 0 Å². The fourth-order valence-corrected chi connectivity index (χ4v) is 1.45. The van der Waals surface area contributed by atoms with Crippen LogP contribution in [0, 0.1) is 0 Å². The quantitative estimate of drug-likeness (QED) is 0.781. The van der Waals surface area contributed by atoms with Crippen LogP contribution in [-0.2, 0) is 11.2 Å². The van der Waals surface area contributed by atoms with Crippen LogP contribution in [-0.4, -0.2) is 43.8 Å². The maximum Gasteiger partial charge on any atom is 0.134 e. The van der Waals surface area contributed by atoms with Crippen LogP contribution in [0.4, 0.5) is 11.6 Å². The lowest BCUT2D eigenvalue weighted by molar-refractivity contribution is 0.206. The van der Waals surface area contributed by atoms with E-state index in [0.29, 0.717) is 6.61 Å². The molecule has 0 amide bonds. The number of hydrogen-bond donors (Lipinski definition) is 1. The average Bonchev–Trinajstić information content (AvgIpc) is 2.35. The van der Waals surface area contributed by atoms with Crippen LogP contribution < -0.4 is 10.2 Å². The van der Waals surface area contributed by atoms with Crippen molar-refractivity contribution in [1.82, 2.24) is 9.97 Å². The molecule has 0 unspecified atom stereocenters. The van der Waals surface area contributed by atoms with Crippen molar-refractivity contribution in [3.8, 4) is 0 Å². The number of methoxy groups -OCH3 is 1. The van der Waals surface area contributed by atoms with Crippen molar-refractivity contribution in [2.75, 3.05) is 44.1 Å². The molecule has 1 N–H and O–H groups in total. The van der Waals surface area contributed by atoms with Crippen LogP contribution in [0.5, 0.6) is 0 Å². The molecule has 0 aliphatic rings. The lowest BCUT2D eigenvalue weighted by Gasteiger charge is -2.19. The summed E-state index contributed by atoms with van der Waals surface area (Å²) in [5, 5.41) is 3.22. The second-order valence-electron chi connectivity index (χ2n) is 3.83. The zero-order chi connectivity index (χ0) is 12.7. The third kappa shape index (κ3) is 4.19. The molecule has 96 valence electrons. The molecular weight excluding hydrogens is 216 g/mol. The highest BCUT2D eigenvalue weighted by Crippen LogP contribution is 2.14. The SMILES string of the molecule is CCNc1cc(N(C)CCOC)nc(CC)n1. The van der Waals surface area contributed by atoms with E-state index in [1.165, 1.54) is 0 Å². The van der Waals surface area contributed by atoms with Crippen molar-refractivity contribution >= 4 is 11.6 Å². The summed E-state index contributed by atoms with van der Waals surface area (Å²) >= 11 is 0. The van der Waals surface area contributed by atoms with Crippen LogP contribution in [0.3, 0.4) is 0 Å². The molecule has 0 bridgehead atoms. The topological polar surface area (TPSA) is 50.3 Å². The van der Waals surface area contributed by atoms with E-state index in [9.17, 15) is 0 Å². The summed E-state index contributed by atoms with van der Waals surface area (Å²) < 4.78 is 5.07. The van der Waals surface area contributed by atoms with Gasteiger partial charge in [-0.15, -0.1) is 0 Å². The number of rotatable bonds is 7. The summed E-state index contributed by atoms with van der Waals surface area (Å²) in [6.45, 7) is 6.49. The fraction of sp³-hybridized carbons (Fsp3) is 0.667. The van der Waals surface area contributed by atoms with Crippen LogP contribution in [0.25, 0.3) is 0 Å². The largest absolute Gasteiger partial charge is 0.383 e. The van der Waals surface area contributed by atoms with Gasteiger partial charge in [-0.3, -0.25) is 0 Å². The number of anilines is 2. The number of aromatic nitrogens is 2. The first kappa shape index (κ1) is 13.7. The summed E-state index contributed by atoms with van der Waals surface area (Å²) in [4.78, 5) is 11.0. The molecule has 1 aromatic rings. The van der Waals surface area contributed by atoms with Gasteiger partial charge < -0.3 is 15.0 Å². The van der Waals surface area contributed by atoms with Gasteiger partial charge in [0, 0.05) is 39.7 Å². The van der Waals surface area contributed by atoms with E-state index in [2.05, 4.69) is 34.0 Å². The van der Waals surface area contributed by atoms with E-state index in [-0.39, 0.29) is 0 Å². The molecule has 0 saturated carbocycles. The first-order valence-electron chi connectivity index (χ1n) is 6.03. The maximum atomic E-state index is 5.07. The highest BCUT2D eigenvalue weighted by Gasteiger charge is 2.07. The van der Waals surface area contributed by atoms with Gasteiger partial charge in [0.25, 0.3) is 0 Å². The molecule has 0 aliphatic heterocycles. The number of aryl methyl sites for hydroxylation is 1. The van der Waals surface area contributed by atoms with Gasteiger partial charge in [-0.25, -0.2) is 9.97 Å². The second kappa shape index (κ2) is 7.06. The highest BCUT2D eigenvalue weighted by molar-refractivity contribution is 5.48. The van der Waals surface area contributed by atoms with Crippen LogP contribution in [0.1, 0.15) is 19.7 Å². The Labute approximate surface area is 103 Å². The molecule has 0 aromatic carbocycles. The Morgan fingerprint density at radius 1 is 1.35 bits per heavy atom. The molecule has 17 heavy (non-hydrogen) atoms. The summed E-state index contributed by atoms with van der Waals surface area (Å²) in [5.41, 5.74) is 0. The molecule has 1 heterocycles. The van der Waals surface area contributed by atoms with Gasteiger partial charge in [0.1, 0.15) is 17.5 Å². The summed E-state index contributed by atoms with van der Waals surface area (Å²) in [5.74, 6) is 2.69. The summed E-state index contributed by atoms with van der Waals surface area (Å²) in [7, 11) is 3.71. The zero-order valence-electron chi connectivity index (χ0n) is 11.2. The lowest BCUT2D eigenvalue weighted by Crippen LogP contribution is -2.24. The third-order valence-corrected chi connectivity index (χ3v) is 2.45. The Morgan fingerprint density at radius 3 is 2.71 bits per heavy atom. The first-order valence-corrected chi connectivity index (χ1v) is 6.03. The van der Waals surface area contributed by atoms with Crippen molar-refractivity contribution in [3.05, 3.63) is 11.9 Å². The van der Waals surface area contributed by atoms with Gasteiger partial charge in [0.15, 0.2) is 0 Å². The molecule has 0 spiro atoms. The van der Waals surface area contributed by atoms with E-state index in [4.69, 9.17) is 4.74 Å². The molecule has 5 nitrogen and oxygen atoms in total. The molecule has 0 radical (unpaired) electrons. The van der Waals surface area contributed by atoms with Gasteiger partial charge in [-0.2, -0.15) is 0 Å². The molecule has 5 heteroatoms. The van der Waals surface area contributed by atoms with Gasteiger partial charge in [-0.05, 0) is 6.92 Å². The molecule has 0 atom stereocenters. The fourth-order valence-electron chi connectivity index (χ4n) is 1.45. The minimum Gasteiger partial charge on any atom is -0.383 e. The molecule has 0 aliphatic carbocycles. The average molecular weight is 238 g/mol. The smallest absolute Gasteiger partial charge is 0.134 e. The van der Waals surface area contributed by atoms with Gasteiger partial charge in [-0.1, -0.05) is 6.92 Å². The molecule has 1 aromatic heterocycles. The van der Waals surface area contributed by atoms with Gasteiger partial charge in [0.2, 0.25) is 0 Å². The Hall–Kier alpha value is -1.36. The monoisotopic (exact) mass is 238 g/mol. The summed E-state index contributed by atoms with van der Waals surface area (Å²) in [6, 6.07) is 1.97. The van der Waals surface area contributed by atoms with E-state index in [1.807, 2.05) is 13.1 Å². The van der Waals surface area contributed by atoms with Gasteiger partial charge >= 0.3 is 0 Å². The minimum atomic E-state index is 0.693. The van der Waals surface area contributed by atoms with Crippen LogP contribution in [0.15, 0.2) is 6.07 Å². The van der Waals surface area contributed by atoms with E-state index in [0.717, 1.165) is 37.0 Å². The van der Waals surface area contributed by atoms with Crippen molar-refractivity contribution in [3.63, 3.8) is 0 Å². The normalized spacial score (nSPS) is 10.4. The maximum absolute atomic E-state index is 5.07. The molecular formula is C12H22N4O.